The molecule has 0 radical (unpaired) electrons. The van der Waals surface area contributed by atoms with Crippen LogP contribution >= 0.6 is 0 Å². The first-order valence-corrected chi connectivity index (χ1v) is 6.09. The minimum atomic E-state index is -0.208. The molecule has 2 aromatic rings. The van der Waals surface area contributed by atoms with Crippen molar-refractivity contribution in [3.8, 4) is 0 Å². The third-order valence-corrected chi connectivity index (χ3v) is 2.87. The van der Waals surface area contributed by atoms with Crippen molar-refractivity contribution in [1.29, 1.82) is 0 Å². The van der Waals surface area contributed by atoms with Gasteiger partial charge >= 0.3 is 0 Å². The van der Waals surface area contributed by atoms with E-state index in [-0.39, 0.29) is 18.0 Å². The Hall–Kier alpha value is -2.36. The highest BCUT2D eigenvalue weighted by atomic mass is 16.2. The van der Waals surface area contributed by atoms with Crippen LogP contribution in [0.25, 0.3) is 0 Å². The Morgan fingerprint density at radius 1 is 1.21 bits per heavy atom. The number of carbonyl (C=O) groups excluding carboxylic acids is 1. The van der Waals surface area contributed by atoms with E-state index in [9.17, 15) is 9.59 Å². The lowest BCUT2D eigenvalue weighted by Gasteiger charge is -2.10. The van der Waals surface area contributed by atoms with Crippen LogP contribution in [-0.4, -0.2) is 10.5 Å². The Labute approximate surface area is 111 Å². The van der Waals surface area contributed by atoms with Crippen LogP contribution < -0.4 is 10.9 Å². The molecular formula is C15H16N2O2. The molecule has 0 bridgehead atoms. The van der Waals surface area contributed by atoms with Gasteiger partial charge in [0, 0.05) is 18.0 Å². The number of anilines is 1. The van der Waals surface area contributed by atoms with Gasteiger partial charge in [-0.15, -0.1) is 0 Å². The Kier molecular flexibility index (Phi) is 3.80. The van der Waals surface area contributed by atoms with Crippen molar-refractivity contribution >= 4 is 11.6 Å². The lowest BCUT2D eigenvalue weighted by Crippen LogP contribution is -2.26. The van der Waals surface area contributed by atoms with Crippen LogP contribution in [-0.2, 0) is 11.3 Å². The minimum absolute atomic E-state index is 0.0208. The van der Waals surface area contributed by atoms with Gasteiger partial charge in [-0.3, -0.25) is 9.59 Å². The predicted molar refractivity (Wildman–Crippen MR) is 75.2 cm³/mol. The van der Waals surface area contributed by atoms with E-state index in [0.29, 0.717) is 0 Å². The van der Waals surface area contributed by atoms with E-state index in [0.717, 1.165) is 16.8 Å². The molecular weight excluding hydrogens is 240 g/mol. The topological polar surface area (TPSA) is 51.1 Å². The van der Waals surface area contributed by atoms with Gasteiger partial charge in [0.2, 0.25) is 5.91 Å². The first-order valence-electron chi connectivity index (χ1n) is 6.09. The van der Waals surface area contributed by atoms with Gasteiger partial charge in [0.15, 0.2) is 0 Å². The molecule has 0 aliphatic carbocycles. The lowest BCUT2D eigenvalue weighted by molar-refractivity contribution is -0.116. The average Bonchev–Trinajstić information content (AvgIpc) is 2.36. The van der Waals surface area contributed by atoms with E-state index >= 15 is 0 Å². The Morgan fingerprint density at radius 2 is 2.00 bits per heavy atom. The maximum Gasteiger partial charge on any atom is 0.250 e. The molecule has 0 aliphatic rings. The summed E-state index contributed by atoms with van der Waals surface area (Å²) in [5.74, 6) is -0.208. The molecule has 0 atom stereocenters. The molecule has 0 saturated carbocycles. The number of hydrogen-bond donors (Lipinski definition) is 1. The largest absolute Gasteiger partial charge is 0.324 e. The van der Waals surface area contributed by atoms with Crippen LogP contribution in [0.4, 0.5) is 5.69 Å². The molecule has 0 fully saturated rings. The number of benzene rings is 1. The summed E-state index contributed by atoms with van der Waals surface area (Å²) in [5.41, 5.74) is 2.75. The summed E-state index contributed by atoms with van der Waals surface area (Å²) in [6, 6.07) is 10.6. The van der Waals surface area contributed by atoms with Crippen LogP contribution in [0.1, 0.15) is 11.1 Å². The maximum atomic E-state index is 11.9. The van der Waals surface area contributed by atoms with E-state index in [1.54, 1.807) is 18.3 Å². The van der Waals surface area contributed by atoms with Gasteiger partial charge in [0.25, 0.3) is 5.56 Å². The van der Waals surface area contributed by atoms with Gasteiger partial charge in [-0.05, 0) is 31.5 Å². The van der Waals surface area contributed by atoms with Gasteiger partial charge in [-0.25, -0.2) is 0 Å². The normalized spacial score (nSPS) is 10.2. The molecule has 4 heteroatoms. The third kappa shape index (κ3) is 3.31. The summed E-state index contributed by atoms with van der Waals surface area (Å²) in [7, 11) is 0. The molecule has 1 aromatic carbocycles. The summed E-state index contributed by atoms with van der Waals surface area (Å²) >= 11 is 0. The second-order valence-electron chi connectivity index (χ2n) is 4.53. The third-order valence-electron chi connectivity index (χ3n) is 2.87. The van der Waals surface area contributed by atoms with Crippen LogP contribution in [0.15, 0.2) is 47.4 Å². The molecule has 1 aromatic heterocycles. The summed E-state index contributed by atoms with van der Waals surface area (Å²) in [4.78, 5) is 23.4. The average molecular weight is 256 g/mol. The number of nitrogens with one attached hydrogen (secondary N) is 1. The zero-order valence-electron chi connectivity index (χ0n) is 11.0. The van der Waals surface area contributed by atoms with E-state index in [4.69, 9.17) is 0 Å². The predicted octanol–water partition coefficient (Wildman–Crippen LogP) is 2.10. The van der Waals surface area contributed by atoms with Crippen molar-refractivity contribution in [2.75, 3.05) is 5.32 Å². The number of nitrogens with zero attached hydrogens (tertiary/aromatic N) is 1. The fraction of sp³-hybridized carbons (Fsp3) is 0.200. The van der Waals surface area contributed by atoms with Crippen molar-refractivity contribution in [2.45, 2.75) is 20.4 Å². The molecule has 0 saturated heterocycles. The molecule has 0 aliphatic heterocycles. The van der Waals surface area contributed by atoms with E-state index in [1.807, 2.05) is 32.0 Å². The number of rotatable bonds is 3. The molecule has 0 unspecified atom stereocenters. The zero-order chi connectivity index (χ0) is 13.8. The van der Waals surface area contributed by atoms with Crippen LogP contribution in [0, 0.1) is 13.8 Å². The Balaban J connectivity index is 2.10. The number of carbonyl (C=O) groups is 1. The van der Waals surface area contributed by atoms with Gasteiger partial charge in [0.05, 0.1) is 0 Å². The molecule has 98 valence electrons. The summed E-state index contributed by atoms with van der Waals surface area (Å²) in [5, 5.41) is 2.81. The van der Waals surface area contributed by atoms with Crippen molar-refractivity contribution in [3.05, 3.63) is 64.1 Å². The molecule has 1 heterocycles. The summed E-state index contributed by atoms with van der Waals surface area (Å²) in [6.07, 6.45) is 1.60. The lowest BCUT2D eigenvalue weighted by atomic mass is 10.1. The maximum absolute atomic E-state index is 11.9. The number of hydrogen-bond acceptors (Lipinski definition) is 2. The zero-order valence-corrected chi connectivity index (χ0v) is 11.0. The smallest absolute Gasteiger partial charge is 0.250 e. The van der Waals surface area contributed by atoms with E-state index < -0.39 is 0 Å². The van der Waals surface area contributed by atoms with Gasteiger partial charge in [0.1, 0.15) is 6.54 Å². The highest BCUT2D eigenvalue weighted by Crippen LogP contribution is 2.15. The quantitative estimate of drug-likeness (QED) is 0.914. The van der Waals surface area contributed by atoms with Gasteiger partial charge < -0.3 is 9.88 Å². The fourth-order valence-electron chi connectivity index (χ4n) is 1.89. The Morgan fingerprint density at radius 3 is 2.68 bits per heavy atom. The van der Waals surface area contributed by atoms with Crippen molar-refractivity contribution in [1.82, 2.24) is 4.57 Å². The number of pyridine rings is 1. The molecule has 2 rings (SSSR count). The molecule has 19 heavy (non-hydrogen) atoms. The standard InChI is InChI=1S/C15H16N2O2/c1-11-6-7-13(12(2)9-11)16-14(18)10-17-8-4-3-5-15(17)19/h3-9H,10H2,1-2H3,(H,16,18). The minimum Gasteiger partial charge on any atom is -0.324 e. The van der Waals surface area contributed by atoms with Crippen molar-refractivity contribution < 1.29 is 4.79 Å². The highest BCUT2D eigenvalue weighted by Gasteiger charge is 2.06. The van der Waals surface area contributed by atoms with Gasteiger partial charge in [-0.2, -0.15) is 0 Å². The summed E-state index contributed by atoms with van der Waals surface area (Å²) in [6.45, 7) is 3.96. The molecule has 1 amide bonds. The molecule has 0 spiro atoms. The monoisotopic (exact) mass is 256 g/mol. The first kappa shape index (κ1) is 13.1. The number of aryl methyl sites for hydroxylation is 2. The van der Waals surface area contributed by atoms with Crippen LogP contribution in [0.5, 0.6) is 0 Å². The summed E-state index contributed by atoms with van der Waals surface area (Å²) < 4.78 is 1.37. The first-order chi connectivity index (χ1) is 9.06. The molecule has 4 nitrogen and oxygen atoms in total. The highest BCUT2D eigenvalue weighted by molar-refractivity contribution is 5.91. The van der Waals surface area contributed by atoms with E-state index in [2.05, 4.69) is 5.32 Å². The fourth-order valence-corrected chi connectivity index (χ4v) is 1.89. The van der Waals surface area contributed by atoms with Crippen LogP contribution in [0.3, 0.4) is 0 Å². The Bertz CT molecular complexity index is 659. The van der Waals surface area contributed by atoms with E-state index in [1.165, 1.54) is 10.6 Å². The van der Waals surface area contributed by atoms with Gasteiger partial charge in [-0.1, -0.05) is 23.8 Å². The number of aromatic nitrogens is 1. The number of amides is 1. The second-order valence-corrected chi connectivity index (χ2v) is 4.53. The van der Waals surface area contributed by atoms with Crippen molar-refractivity contribution in [3.63, 3.8) is 0 Å². The van der Waals surface area contributed by atoms with Crippen molar-refractivity contribution in [2.24, 2.45) is 0 Å². The SMILES string of the molecule is Cc1ccc(NC(=O)Cn2ccccc2=O)c(C)c1. The van der Waals surface area contributed by atoms with Crippen LogP contribution in [0.2, 0.25) is 0 Å². The second kappa shape index (κ2) is 5.52. The molecule has 1 N–H and O–H groups in total.